The van der Waals surface area contributed by atoms with Gasteiger partial charge in [0.2, 0.25) is 0 Å². The molecule has 0 saturated heterocycles. The zero-order chi connectivity index (χ0) is 21.9. The molecule has 0 aliphatic heterocycles. The molecule has 3 aromatic rings. The van der Waals surface area contributed by atoms with Crippen LogP contribution in [0.3, 0.4) is 0 Å². The van der Waals surface area contributed by atoms with Crippen molar-refractivity contribution >= 4 is 17.5 Å². The maximum Gasteiger partial charge on any atom is 0.416 e. The Morgan fingerprint density at radius 1 is 1.30 bits per heavy atom. The molecule has 0 radical (unpaired) electrons. The van der Waals surface area contributed by atoms with Gasteiger partial charge in [-0.3, -0.25) is 9.48 Å². The Hall–Kier alpha value is -3.01. The third-order valence-electron chi connectivity index (χ3n) is 4.32. The van der Waals surface area contributed by atoms with Gasteiger partial charge in [0.05, 0.1) is 29.0 Å². The molecule has 0 spiro atoms. The zero-order valence-electron chi connectivity index (χ0n) is 16.2. The highest BCUT2D eigenvalue weighted by molar-refractivity contribution is 6.31. The molecule has 1 aromatic carbocycles. The number of aryl methyl sites for hydroxylation is 1. The third kappa shape index (κ3) is 4.93. The Labute approximate surface area is 175 Å². The number of halogens is 4. The number of hydrogen-bond acceptors (Lipinski definition) is 4. The van der Waals surface area contributed by atoms with Gasteiger partial charge in [0.15, 0.2) is 12.4 Å². The SMILES string of the molecule is CCn1ncc(Cl)c1CN(C)C(=O)c1ccn(COc2cccc(C(F)(F)F)c2)n1. The maximum absolute atomic E-state index is 12.8. The lowest BCUT2D eigenvalue weighted by atomic mass is 10.2. The summed E-state index contributed by atoms with van der Waals surface area (Å²) in [7, 11) is 1.61. The van der Waals surface area contributed by atoms with Crippen LogP contribution in [0, 0.1) is 0 Å². The van der Waals surface area contributed by atoms with Crippen molar-refractivity contribution in [3.8, 4) is 5.75 Å². The summed E-state index contributed by atoms with van der Waals surface area (Å²) in [5, 5.41) is 8.74. The van der Waals surface area contributed by atoms with Crippen LogP contribution in [0.5, 0.6) is 5.75 Å². The number of ether oxygens (including phenoxy) is 1. The average Bonchev–Trinajstić information content (AvgIpc) is 3.32. The first-order valence-electron chi connectivity index (χ1n) is 8.98. The predicted octanol–water partition coefficient (Wildman–Crippen LogP) is 4.08. The van der Waals surface area contributed by atoms with Gasteiger partial charge in [-0.25, -0.2) is 4.68 Å². The second-order valence-electron chi connectivity index (χ2n) is 6.46. The van der Waals surface area contributed by atoms with Crippen molar-refractivity contribution in [1.29, 1.82) is 0 Å². The highest BCUT2D eigenvalue weighted by Gasteiger charge is 2.30. The fourth-order valence-corrected chi connectivity index (χ4v) is 2.96. The van der Waals surface area contributed by atoms with Crippen molar-refractivity contribution in [2.24, 2.45) is 0 Å². The number of nitrogens with zero attached hydrogens (tertiary/aromatic N) is 5. The Morgan fingerprint density at radius 3 is 2.77 bits per heavy atom. The quantitative estimate of drug-likeness (QED) is 0.554. The second kappa shape index (κ2) is 8.78. The molecule has 0 aliphatic rings. The number of carbonyl (C=O) groups excluding carboxylic acids is 1. The molecule has 160 valence electrons. The fourth-order valence-electron chi connectivity index (χ4n) is 2.76. The molecule has 30 heavy (non-hydrogen) atoms. The van der Waals surface area contributed by atoms with Crippen LogP contribution in [-0.4, -0.2) is 37.4 Å². The van der Waals surface area contributed by atoms with E-state index in [0.29, 0.717) is 17.3 Å². The molecular formula is C19H19ClF3N5O2. The van der Waals surface area contributed by atoms with Crippen LogP contribution >= 0.6 is 11.6 Å². The number of carbonyl (C=O) groups is 1. The lowest BCUT2D eigenvalue weighted by Crippen LogP contribution is -2.28. The van der Waals surface area contributed by atoms with Crippen LogP contribution < -0.4 is 4.74 Å². The summed E-state index contributed by atoms with van der Waals surface area (Å²) in [4.78, 5) is 14.1. The largest absolute Gasteiger partial charge is 0.471 e. The Bertz CT molecular complexity index is 1030. The topological polar surface area (TPSA) is 65.2 Å². The van der Waals surface area contributed by atoms with Gasteiger partial charge in [-0.1, -0.05) is 17.7 Å². The van der Waals surface area contributed by atoms with Crippen molar-refractivity contribution in [3.63, 3.8) is 0 Å². The molecule has 0 N–H and O–H groups in total. The minimum Gasteiger partial charge on any atom is -0.471 e. The normalized spacial score (nSPS) is 11.5. The Balaban J connectivity index is 1.63. The fraction of sp³-hybridized carbons (Fsp3) is 0.316. The van der Waals surface area contributed by atoms with Gasteiger partial charge in [0.1, 0.15) is 5.75 Å². The number of hydrogen-bond donors (Lipinski definition) is 0. The molecule has 0 saturated carbocycles. The van der Waals surface area contributed by atoms with E-state index in [4.69, 9.17) is 16.3 Å². The van der Waals surface area contributed by atoms with E-state index in [-0.39, 0.29) is 30.6 Å². The monoisotopic (exact) mass is 441 g/mol. The maximum atomic E-state index is 12.8. The van der Waals surface area contributed by atoms with E-state index >= 15 is 0 Å². The lowest BCUT2D eigenvalue weighted by Gasteiger charge is -2.17. The number of alkyl halides is 3. The van der Waals surface area contributed by atoms with Crippen LogP contribution in [0.4, 0.5) is 13.2 Å². The predicted molar refractivity (Wildman–Crippen MR) is 103 cm³/mol. The van der Waals surface area contributed by atoms with Gasteiger partial charge in [0.25, 0.3) is 5.91 Å². The summed E-state index contributed by atoms with van der Waals surface area (Å²) in [6.45, 7) is 2.64. The standard InChI is InChI=1S/C19H19ClF3N5O2/c1-3-28-17(15(20)10-24-28)11-26(2)18(29)16-7-8-27(25-16)12-30-14-6-4-5-13(9-14)19(21,22)23/h4-10H,3,11-12H2,1-2H3. The van der Waals surface area contributed by atoms with E-state index in [2.05, 4.69) is 10.2 Å². The summed E-state index contributed by atoms with van der Waals surface area (Å²) in [5.74, 6) is -0.291. The highest BCUT2D eigenvalue weighted by Crippen LogP contribution is 2.31. The van der Waals surface area contributed by atoms with Crippen LogP contribution in [0.25, 0.3) is 0 Å². The smallest absolute Gasteiger partial charge is 0.416 e. The number of aromatic nitrogens is 4. The van der Waals surface area contributed by atoms with Crippen molar-refractivity contribution in [1.82, 2.24) is 24.5 Å². The molecule has 0 atom stereocenters. The molecule has 2 aromatic heterocycles. The minimum absolute atomic E-state index is 0.0489. The van der Waals surface area contributed by atoms with Crippen molar-refractivity contribution < 1.29 is 22.7 Å². The van der Waals surface area contributed by atoms with Crippen LogP contribution in [0.15, 0.2) is 42.7 Å². The average molecular weight is 442 g/mol. The van der Waals surface area contributed by atoms with Gasteiger partial charge in [-0.2, -0.15) is 23.4 Å². The van der Waals surface area contributed by atoms with Crippen molar-refractivity contribution in [2.75, 3.05) is 7.05 Å². The summed E-state index contributed by atoms with van der Waals surface area (Å²) in [5.41, 5.74) is 0.0779. The lowest BCUT2D eigenvalue weighted by molar-refractivity contribution is -0.137. The molecule has 1 amide bonds. The van der Waals surface area contributed by atoms with Crippen molar-refractivity contribution in [2.45, 2.75) is 32.9 Å². The van der Waals surface area contributed by atoms with Gasteiger partial charge in [-0.15, -0.1) is 0 Å². The first kappa shape index (κ1) is 21.7. The molecule has 0 aliphatic carbocycles. The third-order valence-corrected chi connectivity index (χ3v) is 4.63. The van der Waals surface area contributed by atoms with Crippen LogP contribution in [0.1, 0.15) is 28.7 Å². The molecule has 0 bridgehead atoms. The first-order chi connectivity index (χ1) is 14.2. The summed E-state index contributed by atoms with van der Waals surface area (Å²) >= 11 is 6.13. The molecular weight excluding hydrogens is 423 g/mol. The van der Waals surface area contributed by atoms with Crippen LogP contribution in [0.2, 0.25) is 5.02 Å². The van der Waals surface area contributed by atoms with E-state index in [1.807, 2.05) is 6.92 Å². The van der Waals surface area contributed by atoms with Crippen molar-refractivity contribution in [3.05, 3.63) is 64.7 Å². The molecule has 0 fully saturated rings. The Kier molecular flexibility index (Phi) is 6.35. The van der Waals surface area contributed by atoms with E-state index in [1.54, 1.807) is 11.7 Å². The van der Waals surface area contributed by atoms with E-state index in [0.717, 1.165) is 12.1 Å². The number of benzene rings is 1. The zero-order valence-corrected chi connectivity index (χ0v) is 17.0. The highest BCUT2D eigenvalue weighted by atomic mass is 35.5. The van der Waals surface area contributed by atoms with E-state index < -0.39 is 11.7 Å². The summed E-state index contributed by atoms with van der Waals surface area (Å²) < 4.78 is 46.7. The van der Waals surface area contributed by atoms with Crippen LogP contribution in [-0.2, 0) is 26.0 Å². The summed E-state index contributed by atoms with van der Waals surface area (Å²) in [6.07, 6.45) is -1.41. The van der Waals surface area contributed by atoms with E-state index in [9.17, 15) is 18.0 Å². The minimum atomic E-state index is -4.45. The van der Waals surface area contributed by atoms with Gasteiger partial charge >= 0.3 is 6.18 Å². The van der Waals surface area contributed by atoms with E-state index in [1.165, 1.54) is 40.2 Å². The van der Waals surface area contributed by atoms with Gasteiger partial charge in [0, 0.05) is 19.8 Å². The molecule has 2 heterocycles. The summed E-state index contributed by atoms with van der Waals surface area (Å²) in [6, 6.07) is 6.05. The molecule has 0 unspecified atom stereocenters. The first-order valence-corrected chi connectivity index (χ1v) is 9.36. The number of rotatable bonds is 7. The van der Waals surface area contributed by atoms with Gasteiger partial charge < -0.3 is 9.64 Å². The van der Waals surface area contributed by atoms with Gasteiger partial charge in [-0.05, 0) is 31.2 Å². The number of amides is 1. The Morgan fingerprint density at radius 2 is 2.07 bits per heavy atom. The molecule has 11 heteroatoms. The molecule has 7 nitrogen and oxygen atoms in total. The second-order valence-corrected chi connectivity index (χ2v) is 6.86. The molecule has 3 rings (SSSR count).